The van der Waals surface area contributed by atoms with Crippen LogP contribution in [0.15, 0.2) is 35.1 Å². The number of aromatic nitrogens is 4. The lowest BCUT2D eigenvalue weighted by atomic mass is 10.1. The summed E-state index contributed by atoms with van der Waals surface area (Å²) in [5.74, 6) is 0.416. The quantitative estimate of drug-likeness (QED) is 0.360. The fraction of sp³-hybridized carbons (Fsp3) is 0.407. The van der Waals surface area contributed by atoms with Gasteiger partial charge < -0.3 is 29.5 Å². The van der Waals surface area contributed by atoms with Crippen molar-refractivity contribution in [3.05, 3.63) is 42.0 Å². The molecule has 2 aliphatic heterocycles. The van der Waals surface area contributed by atoms with Gasteiger partial charge in [-0.3, -0.25) is 14.6 Å². The molecule has 0 aliphatic carbocycles. The van der Waals surface area contributed by atoms with E-state index < -0.39 is 6.61 Å². The van der Waals surface area contributed by atoms with Crippen LogP contribution in [0.1, 0.15) is 35.4 Å². The summed E-state index contributed by atoms with van der Waals surface area (Å²) in [5, 5.41) is 13.0. The first kappa shape index (κ1) is 26.1. The van der Waals surface area contributed by atoms with Crippen LogP contribution in [-0.4, -0.2) is 87.6 Å². The maximum absolute atomic E-state index is 13.3. The number of aryl methyl sites for hydroxylation is 1. The van der Waals surface area contributed by atoms with E-state index in [4.69, 9.17) is 19.5 Å². The van der Waals surface area contributed by atoms with Gasteiger partial charge in [0, 0.05) is 56.7 Å². The van der Waals surface area contributed by atoms with Crippen LogP contribution in [0.2, 0.25) is 0 Å². The highest BCUT2D eigenvalue weighted by atomic mass is 32.1. The summed E-state index contributed by atoms with van der Waals surface area (Å²) in [6, 6.07) is 5.58. The fourth-order valence-corrected chi connectivity index (χ4v) is 6.04. The van der Waals surface area contributed by atoms with Gasteiger partial charge in [-0.1, -0.05) is 11.3 Å². The Morgan fingerprint density at radius 3 is 2.58 bits per heavy atom. The zero-order valence-electron chi connectivity index (χ0n) is 22.2. The number of hydrogen-bond donors (Lipinski definition) is 2. The van der Waals surface area contributed by atoms with Crippen molar-refractivity contribution >= 4 is 50.1 Å². The number of aliphatic hydroxyl groups excluding tert-OH is 1. The Kier molecular flexibility index (Phi) is 7.30. The van der Waals surface area contributed by atoms with Crippen LogP contribution in [0.5, 0.6) is 0 Å². The highest BCUT2D eigenvalue weighted by Gasteiger charge is 2.25. The first-order chi connectivity index (χ1) is 19.5. The van der Waals surface area contributed by atoms with Gasteiger partial charge in [-0.2, -0.15) is 4.98 Å². The van der Waals surface area contributed by atoms with Crippen LogP contribution in [0.25, 0.3) is 21.8 Å². The van der Waals surface area contributed by atoms with Crippen LogP contribution < -0.4 is 15.1 Å². The fourth-order valence-electron chi connectivity index (χ4n) is 5.04. The number of anilines is 3. The molecule has 0 bridgehead atoms. The molecule has 2 saturated heterocycles. The number of carbonyl (C=O) groups excluding carboxylic acids is 2. The van der Waals surface area contributed by atoms with Gasteiger partial charge in [0.1, 0.15) is 12.9 Å². The standard InChI is InChI=1S/C27H30N8O4S/c1-17-13-18(5-6-28-17)26-30-20(16-39-26)25(38)29-19-14-21-23(31-24(19)34-7-3-2-4-8-34)32-27(40-21)35-11-9-33(10-12-35)22(37)15-36/h5-6,13-14,16,36H,2-4,7-12,15H2,1H3,(H,29,38). The average molecular weight is 563 g/mol. The number of amides is 2. The third kappa shape index (κ3) is 5.34. The lowest BCUT2D eigenvalue weighted by Gasteiger charge is -2.34. The molecule has 6 rings (SSSR count). The third-order valence-corrected chi connectivity index (χ3v) is 8.23. The molecular weight excluding hydrogens is 532 g/mol. The van der Waals surface area contributed by atoms with E-state index >= 15 is 0 Å². The van der Waals surface area contributed by atoms with Crippen LogP contribution in [-0.2, 0) is 4.79 Å². The Bertz CT molecular complexity index is 1540. The SMILES string of the molecule is Cc1cc(-c2nc(C(=O)Nc3cc4sc(N5CCN(C(=O)CO)CC5)nc4nc3N3CCCCC3)co2)ccn1. The second-order valence-corrected chi connectivity index (χ2v) is 10.9. The van der Waals surface area contributed by atoms with Crippen molar-refractivity contribution in [2.45, 2.75) is 26.2 Å². The van der Waals surface area contributed by atoms with Gasteiger partial charge in [0.2, 0.25) is 11.8 Å². The van der Waals surface area contributed by atoms with E-state index in [0.29, 0.717) is 49.2 Å². The lowest BCUT2D eigenvalue weighted by Crippen LogP contribution is -2.49. The van der Waals surface area contributed by atoms with E-state index in [-0.39, 0.29) is 17.5 Å². The first-order valence-corrected chi connectivity index (χ1v) is 14.2. The van der Waals surface area contributed by atoms with Gasteiger partial charge >= 0.3 is 0 Å². The molecule has 2 amide bonds. The summed E-state index contributed by atoms with van der Waals surface area (Å²) < 4.78 is 6.46. The number of aliphatic hydroxyl groups is 1. The number of piperidine rings is 1. The van der Waals surface area contributed by atoms with E-state index in [2.05, 4.69) is 25.1 Å². The van der Waals surface area contributed by atoms with Crippen LogP contribution in [0.4, 0.5) is 16.6 Å². The van der Waals surface area contributed by atoms with Crippen molar-refractivity contribution in [1.29, 1.82) is 0 Å². The molecule has 0 unspecified atom stereocenters. The molecule has 0 atom stereocenters. The molecule has 2 aliphatic rings. The summed E-state index contributed by atoms with van der Waals surface area (Å²) >= 11 is 1.50. The van der Waals surface area contributed by atoms with E-state index in [9.17, 15) is 9.59 Å². The number of hydrogen-bond acceptors (Lipinski definition) is 11. The van der Waals surface area contributed by atoms with Gasteiger partial charge in [0.05, 0.1) is 10.4 Å². The molecule has 13 heteroatoms. The predicted molar refractivity (Wildman–Crippen MR) is 152 cm³/mol. The topological polar surface area (TPSA) is 141 Å². The Hall–Kier alpha value is -4.10. The molecule has 2 fully saturated rings. The number of oxazole rings is 1. The zero-order chi connectivity index (χ0) is 27.6. The van der Waals surface area contributed by atoms with E-state index in [1.807, 2.05) is 19.1 Å². The van der Waals surface area contributed by atoms with Crippen molar-refractivity contribution in [1.82, 2.24) is 24.8 Å². The largest absolute Gasteiger partial charge is 0.444 e. The zero-order valence-corrected chi connectivity index (χ0v) is 23.0. The molecule has 0 radical (unpaired) electrons. The minimum Gasteiger partial charge on any atom is -0.444 e. The lowest BCUT2D eigenvalue weighted by molar-refractivity contribution is -0.134. The van der Waals surface area contributed by atoms with Crippen LogP contribution >= 0.6 is 11.3 Å². The number of rotatable bonds is 6. The monoisotopic (exact) mass is 562 g/mol. The number of nitrogens with one attached hydrogen (secondary N) is 1. The van der Waals surface area contributed by atoms with E-state index in [0.717, 1.165) is 47.0 Å². The second-order valence-electron chi connectivity index (χ2n) is 9.93. The number of thiazole rings is 1. The van der Waals surface area contributed by atoms with Crippen molar-refractivity contribution in [3.63, 3.8) is 0 Å². The molecule has 4 aromatic heterocycles. The first-order valence-electron chi connectivity index (χ1n) is 13.4. The second kappa shape index (κ2) is 11.2. The number of nitrogens with zero attached hydrogens (tertiary/aromatic N) is 7. The molecule has 12 nitrogen and oxygen atoms in total. The summed E-state index contributed by atoms with van der Waals surface area (Å²) in [6.07, 6.45) is 6.33. The van der Waals surface area contributed by atoms with Crippen molar-refractivity contribution in [2.75, 3.05) is 61.0 Å². The van der Waals surface area contributed by atoms with Crippen LogP contribution in [0.3, 0.4) is 0 Å². The van der Waals surface area contributed by atoms with Gasteiger partial charge in [0.15, 0.2) is 22.3 Å². The van der Waals surface area contributed by atoms with E-state index in [1.54, 1.807) is 17.2 Å². The number of pyridine rings is 2. The molecular formula is C27H30N8O4S. The molecule has 4 aromatic rings. The summed E-state index contributed by atoms with van der Waals surface area (Å²) in [4.78, 5) is 49.5. The van der Waals surface area contributed by atoms with E-state index in [1.165, 1.54) is 24.0 Å². The van der Waals surface area contributed by atoms with Crippen molar-refractivity contribution < 1.29 is 19.1 Å². The summed E-state index contributed by atoms with van der Waals surface area (Å²) in [6.45, 7) is 5.43. The summed E-state index contributed by atoms with van der Waals surface area (Å²) in [7, 11) is 0. The smallest absolute Gasteiger partial charge is 0.277 e. The molecule has 0 aromatic carbocycles. The summed E-state index contributed by atoms with van der Waals surface area (Å²) in [5.41, 5.74) is 3.00. The average Bonchev–Trinajstić information content (AvgIpc) is 3.65. The highest BCUT2D eigenvalue weighted by molar-refractivity contribution is 7.22. The number of fused-ring (bicyclic) bond motifs is 1. The maximum atomic E-state index is 13.3. The molecule has 6 heterocycles. The Labute approximate surface area is 234 Å². The minimum atomic E-state index is -0.474. The molecule has 208 valence electrons. The van der Waals surface area contributed by atoms with Gasteiger partial charge in [-0.25, -0.2) is 9.97 Å². The Morgan fingerprint density at radius 1 is 1.02 bits per heavy atom. The molecule has 0 spiro atoms. The Morgan fingerprint density at radius 2 is 1.82 bits per heavy atom. The number of carbonyl (C=O) groups is 2. The van der Waals surface area contributed by atoms with Crippen molar-refractivity contribution in [3.8, 4) is 11.5 Å². The molecule has 40 heavy (non-hydrogen) atoms. The minimum absolute atomic E-state index is 0.175. The van der Waals surface area contributed by atoms with Crippen LogP contribution in [0, 0.1) is 6.92 Å². The molecule has 0 saturated carbocycles. The van der Waals surface area contributed by atoms with Gasteiger partial charge in [-0.05, 0) is 44.4 Å². The van der Waals surface area contributed by atoms with Gasteiger partial charge in [-0.15, -0.1) is 0 Å². The molecule has 2 N–H and O–H groups in total. The third-order valence-electron chi connectivity index (χ3n) is 7.17. The Balaban J connectivity index is 1.27. The predicted octanol–water partition coefficient (Wildman–Crippen LogP) is 2.93. The number of piperazine rings is 1. The van der Waals surface area contributed by atoms with Crippen molar-refractivity contribution in [2.24, 2.45) is 0 Å². The van der Waals surface area contributed by atoms with Gasteiger partial charge in [0.25, 0.3) is 5.91 Å². The maximum Gasteiger partial charge on any atom is 0.277 e. The highest BCUT2D eigenvalue weighted by Crippen LogP contribution is 2.36. The normalized spacial score (nSPS) is 16.0.